The van der Waals surface area contributed by atoms with Gasteiger partial charge in [0, 0.05) is 5.56 Å². The molecule has 7 nitrogen and oxygen atoms in total. The Balaban J connectivity index is 2.39. The lowest BCUT2D eigenvalue weighted by Gasteiger charge is -2.11. The van der Waals surface area contributed by atoms with Crippen LogP contribution in [-0.4, -0.2) is 37.0 Å². The second-order valence-corrected chi connectivity index (χ2v) is 4.41. The third kappa shape index (κ3) is 4.09. The summed E-state index contributed by atoms with van der Waals surface area (Å²) in [5, 5.41) is 4.03. The van der Waals surface area contributed by atoms with Gasteiger partial charge in [0.25, 0.3) is 0 Å². The molecule has 7 heteroatoms. The van der Waals surface area contributed by atoms with Crippen LogP contribution in [0.25, 0.3) is 0 Å². The van der Waals surface area contributed by atoms with Crippen LogP contribution >= 0.6 is 0 Å². The van der Waals surface area contributed by atoms with E-state index in [1.807, 2.05) is 31.2 Å². The van der Waals surface area contributed by atoms with E-state index in [0.717, 1.165) is 11.3 Å². The molecule has 2 rings (SSSR count). The minimum atomic E-state index is 0.126. The average Bonchev–Trinajstić information content (AvgIpc) is 2.60. The summed E-state index contributed by atoms with van der Waals surface area (Å²) >= 11 is 0. The molecule has 0 saturated heterocycles. The van der Waals surface area contributed by atoms with Crippen molar-refractivity contribution in [2.45, 2.75) is 13.3 Å². The molecule has 0 amide bonds. The molecule has 0 atom stereocenters. The van der Waals surface area contributed by atoms with Gasteiger partial charge < -0.3 is 19.0 Å². The Hall–Kier alpha value is -2.83. The summed E-state index contributed by atoms with van der Waals surface area (Å²) in [5.41, 5.74) is 1.57. The van der Waals surface area contributed by atoms with Crippen LogP contribution in [0.3, 0.4) is 0 Å². The number of aromatic nitrogens is 2. The highest BCUT2D eigenvalue weighted by Gasteiger charge is 2.13. The molecule has 0 aliphatic carbocycles. The van der Waals surface area contributed by atoms with Crippen LogP contribution in [0.1, 0.15) is 18.9 Å². The van der Waals surface area contributed by atoms with Crippen LogP contribution in [-0.2, 0) is 4.84 Å². The van der Waals surface area contributed by atoms with Gasteiger partial charge in [-0.05, 0) is 18.6 Å². The smallest absolute Gasteiger partial charge is 0.328 e. The second-order valence-electron chi connectivity index (χ2n) is 4.41. The van der Waals surface area contributed by atoms with Gasteiger partial charge in [-0.1, -0.05) is 24.2 Å². The predicted octanol–water partition coefficient (Wildman–Crippen LogP) is 3.05. The Morgan fingerprint density at radius 2 is 1.70 bits per heavy atom. The Morgan fingerprint density at radius 3 is 2.26 bits per heavy atom. The van der Waals surface area contributed by atoms with Gasteiger partial charge in [0.05, 0.1) is 26.0 Å². The quantitative estimate of drug-likeness (QED) is 0.577. The second kappa shape index (κ2) is 7.98. The number of nitrogens with zero attached hydrogens (tertiary/aromatic N) is 3. The summed E-state index contributed by atoms with van der Waals surface area (Å²) in [5.74, 6) is 1.27. The van der Waals surface area contributed by atoms with Gasteiger partial charge in [0.15, 0.2) is 0 Å². The number of oxime groups is 1. The average molecular weight is 317 g/mol. The maximum Gasteiger partial charge on any atom is 0.328 e. The van der Waals surface area contributed by atoms with Crippen molar-refractivity contribution < 1.29 is 19.0 Å². The monoisotopic (exact) mass is 317 g/mol. The van der Waals surface area contributed by atoms with Gasteiger partial charge in [0.1, 0.15) is 12.9 Å². The van der Waals surface area contributed by atoms with Crippen molar-refractivity contribution in [3.8, 4) is 23.5 Å². The molecule has 0 unspecified atom stereocenters. The summed E-state index contributed by atoms with van der Waals surface area (Å²) in [6.45, 7) is 1.99. The zero-order chi connectivity index (χ0) is 16.7. The number of hydrogen-bond donors (Lipinski definition) is 0. The topological polar surface area (TPSA) is 75.1 Å². The predicted molar refractivity (Wildman–Crippen MR) is 85.5 cm³/mol. The summed E-state index contributed by atoms with van der Waals surface area (Å²) in [6.07, 6.45) is 0.691. The zero-order valence-electron chi connectivity index (χ0n) is 13.6. The van der Waals surface area contributed by atoms with Crippen molar-refractivity contribution in [1.29, 1.82) is 0 Å². The van der Waals surface area contributed by atoms with Crippen molar-refractivity contribution in [1.82, 2.24) is 9.97 Å². The third-order valence-electron chi connectivity index (χ3n) is 3.01. The molecule has 122 valence electrons. The van der Waals surface area contributed by atoms with Gasteiger partial charge in [-0.2, -0.15) is 9.97 Å². The molecule has 1 heterocycles. The molecule has 0 fully saturated rings. The van der Waals surface area contributed by atoms with Crippen molar-refractivity contribution in [3.63, 3.8) is 0 Å². The zero-order valence-corrected chi connectivity index (χ0v) is 13.6. The highest BCUT2D eigenvalue weighted by molar-refractivity contribution is 6.02. The van der Waals surface area contributed by atoms with Crippen LogP contribution < -0.4 is 14.2 Å². The molecule has 0 bridgehead atoms. The first kappa shape index (κ1) is 16.5. The largest absolute Gasteiger partial charge is 0.481 e. The number of hydrogen-bond acceptors (Lipinski definition) is 7. The molecule has 0 saturated carbocycles. The van der Waals surface area contributed by atoms with Gasteiger partial charge >= 0.3 is 6.01 Å². The summed E-state index contributed by atoms with van der Waals surface area (Å²) in [4.78, 5) is 13.2. The van der Waals surface area contributed by atoms with E-state index in [1.165, 1.54) is 21.3 Å². The van der Waals surface area contributed by atoms with Crippen molar-refractivity contribution >= 4 is 5.71 Å². The lowest BCUT2D eigenvalue weighted by atomic mass is 10.1. The molecule has 0 aliphatic rings. The van der Waals surface area contributed by atoms with E-state index < -0.39 is 0 Å². The molecular formula is C16H19N3O4. The van der Waals surface area contributed by atoms with E-state index in [4.69, 9.17) is 19.0 Å². The standard InChI is InChI=1S/C16H19N3O4/c1-5-12(19-22-4)11-8-6-7-9-13(11)23-16-17-14(20-2)10-15(18-16)21-3/h6-10H,5H2,1-4H3/b19-12+. The molecule has 0 aliphatic heterocycles. The molecule has 23 heavy (non-hydrogen) atoms. The first-order valence-electron chi connectivity index (χ1n) is 7.06. The highest BCUT2D eigenvalue weighted by Crippen LogP contribution is 2.27. The van der Waals surface area contributed by atoms with Crippen LogP contribution in [0.15, 0.2) is 35.5 Å². The van der Waals surface area contributed by atoms with Crippen LogP contribution in [0.5, 0.6) is 23.5 Å². The Labute approximate surface area is 134 Å². The minimum Gasteiger partial charge on any atom is -0.481 e. The number of methoxy groups -OCH3 is 2. The van der Waals surface area contributed by atoms with E-state index in [2.05, 4.69) is 15.1 Å². The van der Waals surface area contributed by atoms with E-state index in [9.17, 15) is 0 Å². The van der Waals surface area contributed by atoms with Crippen LogP contribution in [0.2, 0.25) is 0 Å². The molecular weight excluding hydrogens is 298 g/mol. The SMILES string of the molecule is CC/C(=N\OC)c1ccccc1Oc1nc(OC)cc(OC)n1. The fourth-order valence-corrected chi connectivity index (χ4v) is 1.95. The lowest BCUT2D eigenvalue weighted by molar-refractivity contribution is 0.213. The summed E-state index contributed by atoms with van der Waals surface area (Å²) in [6, 6.07) is 9.16. The molecule has 1 aromatic carbocycles. The van der Waals surface area contributed by atoms with E-state index >= 15 is 0 Å². The molecule has 0 radical (unpaired) electrons. The normalized spacial score (nSPS) is 11.0. The molecule has 2 aromatic rings. The number of para-hydroxylation sites is 1. The van der Waals surface area contributed by atoms with Gasteiger partial charge in [-0.25, -0.2) is 0 Å². The number of rotatable bonds is 7. The lowest BCUT2D eigenvalue weighted by Crippen LogP contribution is -2.04. The molecule has 0 spiro atoms. The number of ether oxygens (including phenoxy) is 3. The molecule has 1 aromatic heterocycles. The molecule has 0 N–H and O–H groups in total. The van der Waals surface area contributed by atoms with E-state index in [-0.39, 0.29) is 6.01 Å². The number of benzene rings is 1. The fourth-order valence-electron chi connectivity index (χ4n) is 1.95. The third-order valence-corrected chi connectivity index (χ3v) is 3.01. The van der Waals surface area contributed by atoms with Gasteiger partial charge in [-0.3, -0.25) is 0 Å². The Morgan fingerprint density at radius 1 is 1.04 bits per heavy atom. The Bertz CT molecular complexity index is 667. The van der Waals surface area contributed by atoms with Crippen molar-refractivity contribution in [2.24, 2.45) is 5.16 Å². The Kier molecular flexibility index (Phi) is 5.74. The minimum absolute atomic E-state index is 0.126. The first-order valence-corrected chi connectivity index (χ1v) is 7.06. The van der Waals surface area contributed by atoms with Gasteiger partial charge in [-0.15, -0.1) is 0 Å². The van der Waals surface area contributed by atoms with E-state index in [1.54, 1.807) is 6.07 Å². The maximum absolute atomic E-state index is 5.81. The van der Waals surface area contributed by atoms with Gasteiger partial charge in [0.2, 0.25) is 11.8 Å². The van der Waals surface area contributed by atoms with Crippen LogP contribution in [0.4, 0.5) is 0 Å². The van der Waals surface area contributed by atoms with Crippen molar-refractivity contribution in [3.05, 3.63) is 35.9 Å². The summed E-state index contributed by atoms with van der Waals surface area (Å²) < 4.78 is 16.0. The van der Waals surface area contributed by atoms with Crippen molar-refractivity contribution in [2.75, 3.05) is 21.3 Å². The highest BCUT2D eigenvalue weighted by atomic mass is 16.6. The first-order chi connectivity index (χ1) is 11.2. The maximum atomic E-state index is 5.81. The fraction of sp³-hybridized carbons (Fsp3) is 0.312. The van der Waals surface area contributed by atoms with Crippen LogP contribution in [0, 0.1) is 0 Å². The summed E-state index contributed by atoms with van der Waals surface area (Å²) in [7, 11) is 4.54. The van der Waals surface area contributed by atoms with E-state index in [0.29, 0.717) is 23.9 Å².